The van der Waals surface area contributed by atoms with Gasteiger partial charge in [0.15, 0.2) is 0 Å². The number of carbonyl (C=O) groups excluding carboxylic acids is 1. The lowest BCUT2D eigenvalue weighted by Crippen LogP contribution is -2.21. The topological polar surface area (TPSA) is 70.2 Å². The van der Waals surface area contributed by atoms with E-state index in [1.165, 1.54) is 24.5 Å². The molecule has 0 aliphatic heterocycles. The van der Waals surface area contributed by atoms with E-state index in [-0.39, 0.29) is 28.8 Å². The van der Waals surface area contributed by atoms with Gasteiger partial charge in [-0.05, 0) is 43.4 Å². The third kappa shape index (κ3) is 5.57. The SMILES string of the molecule is CN(C)Cc1ccc(NC(=O)Nc2cnc(Cl)nc2)cc1C(F)(F)F. The van der Waals surface area contributed by atoms with E-state index in [1.54, 1.807) is 19.0 Å². The average Bonchev–Trinajstić information content (AvgIpc) is 2.49. The molecule has 2 aromatic rings. The van der Waals surface area contributed by atoms with Crippen LogP contribution in [0.15, 0.2) is 30.6 Å². The highest BCUT2D eigenvalue weighted by Crippen LogP contribution is 2.34. The second kappa shape index (κ2) is 7.66. The molecule has 1 heterocycles. The van der Waals surface area contributed by atoms with Gasteiger partial charge in [0.25, 0.3) is 0 Å². The monoisotopic (exact) mass is 373 g/mol. The molecule has 2 amide bonds. The van der Waals surface area contributed by atoms with E-state index in [9.17, 15) is 18.0 Å². The summed E-state index contributed by atoms with van der Waals surface area (Å²) in [5.41, 5.74) is -0.409. The molecule has 10 heteroatoms. The fourth-order valence-electron chi connectivity index (χ4n) is 2.07. The van der Waals surface area contributed by atoms with Gasteiger partial charge in [0.1, 0.15) is 0 Å². The van der Waals surface area contributed by atoms with Crippen LogP contribution >= 0.6 is 11.6 Å². The van der Waals surface area contributed by atoms with Crippen LogP contribution in [0.5, 0.6) is 0 Å². The summed E-state index contributed by atoms with van der Waals surface area (Å²) in [7, 11) is 3.35. The molecule has 0 aliphatic carbocycles. The van der Waals surface area contributed by atoms with Crippen LogP contribution in [0.1, 0.15) is 11.1 Å². The number of nitrogens with one attached hydrogen (secondary N) is 2. The number of aromatic nitrogens is 2. The maximum atomic E-state index is 13.2. The van der Waals surface area contributed by atoms with Crippen LogP contribution in [-0.4, -0.2) is 35.0 Å². The van der Waals surface area contributed by atoms with Gasteiger partial charge in [-0.2, -0.15) is 13.2 Å². The van der Waals surface area contributed by atoms with Crippen LogP contribution in [-0.2, 0) is 12.7 Å². The van der Waals surface area contributed by atoms with E-state index >= 15 is 0 Å². The van der Waals surface area contributed by atoms with Crippen molar-refractivity contribution in [2.45, 2.75) is 12.7 Å². The lowest BCUT2D eigenvalue weighted by Gasteiger charge is -2.18. The van der Waals surface area contributed by atoms with Crippen LogP contribution in [0, 0.1) is 0 Å². The Hall–Kier alpha value is -2.39. The summed E-state index contributed by atoms with van der Waals surface area (Å²) in [5.74, 6) is 0. The second-order valence-electron chi connectivity index (χ2n) is 5.43. The molecule has 0 saturated carbocycles. The lowest BCUT2D eigenvalue weighted by atomic mass is 10.1. The minimum Gasteiger partial charge on any atom is -0.308 e. The summed E-state index contributed by atoms with van der Waals surface area (Å²) in [4.78, 5) is 20.9. The largest absolute Gasteiger partial charge is 0.416 e. The van der Waals surface area contributed by atoms with Gasteiger partial charge >= 0.3 is 12.2 Å². The molecule has 0 atom stereocenters. The molecule has 1 aromatic heterocycles. The van der Waals surface area contributed by atoms with E-state index < -0.39 is 17.8 Å². The molecule has 6 nitrogen and oxygen atoms in total. The Bertz CT molecular complexity index is 750. The second-order valence-corrected chi connectivity index (χ2v) is 5.77. The number of amides is 2. The van der Waals surface area contributed by atoms with Crippen LogP contribution in [0.4, 0.5) is 29.3 Å². The molecular formula is C15H15ClF3N5O. The Morgan fingerprint density at radius 1 is 1.16 bits per heavy atom. The Morgan fingerprint density at radius 2 is 1.76 bits per heavy atom. The highest BCUT2D eigenvalue weighted by atomic mass is 35.5. The van der Waals surface area contributed by atoms with Crippen molar-refractivity contribution in [3.63, 3.8) is 0 Å². The van der Waals surface area contributed by atoms with Gasteiger partial charge in [-0.25, -0.2) is 14.8 Å². The fraction of sp³-hybridized carbons (Fsp3) is 0.267. The molecule has 2 rings (SSSR count). The number of hydrogen-bond acceptors (Lipinski definition) is 4. The van der Waals surface area contributed by atoms with Gasteiger partial charge < -0.3 is 15.5 Å². The van der Waals surface area contributed by atoms with Crippen LogP contribution < -0.4 is 10.6 Å². The van der Waals surface area contributed by atoms with Crippen molar-refractivity contribution in [1.82, 2.24) is 14.9 Å². The standard InChI is InChI=1S/C15H15ClF3N5O/c1-24(2)8-9-3-4-10(5-12(9)15(17,18)19)22-14(25)23-11-6-20-13(16)21-7-11/h3-7H,8H2,1-2H3,(H2,22,23,25). The summed E-state index contributed by atoms with van der Waals surface area (Å²) in [6.45, 7) is 0.128. The van der Waals surface area contributed by atoms with Crippen LogP contribution in [0.25, 0.3) is 0 Å². The van der Waals surface area contributed by atoms with Gasteiger partial charge in [-0.15, -0.1) is 0 Å². The van der Waals surface area contributed by atoms with Crippen molar-refractivity contribution >= 4 is 29.0 Å². The minimum absolute atomic E-state index is 0.0114. The first-order chi connectivity index (χ1) is 11.6. The fourth-order valence-corrected chi connectivity index (χ4v) is 2.16. The van der Waals surface area contributed by atoms with Crippen molar-refractivity contribution in [3.05, 3.63) is 47.0 Å². The molecule has 0 spiro atoms. The van der Waals surface area contributed by atoms with E-state index in [1.807, 2.05) is 0 Å². The molecule has 1 aromatic carbocycles. The van der Waals surface area contributed by atoms with Gasteiger partial charge in [-0.1, -0.05) is 6.07 Å². The minimum atomic E-state index is -4.52. The number of nitrogens with zero attached hydrogens (tertiary/aromatic N) is 3. The highest BCUT2D eigenvalue weighted by molar-refractivity contribution is 6.28. The highest BCUT2D eigenvalue weighted by Gasteiger charge is 2.33. The third-order valence-corrected chi connectivity index (χ3v) is 3.23. The Balaban J connectivity index is 2.16. The molecule has 2 N–H and O–H groups in total. The first-order valence-electron chi connectivity index (χ1n) is 7.05. The number of hydrogen-bond donors (Lipinski definition) is 2. The summed E-state index contributed by atoms with van der Waals surface area (Å²) < 4.78 is 39.7. The average molecular weight is 374 g/mol. The van der Waals surface area contributed by atoms with E-state index in [2.05, 4.69) is 20.6 Å². The van der Waals surface area contributed by atoms with Gasteiger partial charge in [0.05, 0.1) is 23.6 Å². The zero-order chi connectivity index (χ0) is 18.6. The number of anilines is 2. The van der Waals surface area contributed by atoms with Crippen molar-refractivity contribution in [3.8, 4) is 0 Å². The molecule has 0 fully saturated rings. The predicted molar refractivity (Wildman–Crippen MR) is 88.5 cm³/mol. The molecule has 0 saturated heterocycles. The van der Waals surface area contributed by atoms with Gasteiger partial charge in [0.2, 0.25) is 5.28 Å². The third-order valence-electron chi connectivity index (χ3n) is 3.04. The molecule has 0 bridgehead atoms. The molecule has 0 aliphatic rings. The van der Waals surface area contributed by atoms with Crippen molar-refractivity contribution < 1.29 is 18.0 Å². The molecule has 0 unspecified atom stereocenters. The smallest absolute Gasteiger partial charge is 0.308 e. The molecule has 25 heavy (non-hydrogen) atoms. The number of halogens is 4. The first kappa shape index (κ1) is 18.9. The first-order valence-corrected chi connectivity index (χ1v) is 7.43. The van der Waals surface area contributed by atoms with Crippen LogP contribution in [0.3, 0.4) is 0 Å². The number of carbonyl (C=O) groups is 1. The van der Waals surface area contributed by atoms with Crippen molar-refractivity contribution in [2.24, 2.45) is 0 Å². The van der Waals surface area contributed by atoms with Crippen LogP contribution in [0.2, 0.25) is 5.28 Å². The lowest BCUT2D eigenvalue weighted by molar-refractivity contribution is -0.138. The van der Waals surface area contributed by atoms with Crippen molar-refractivity contribution in [1.29, 1.82) is 0 Å². The molecule has 134 valence electrons. The normalized spacial score (nSPS) is 11.5. The summed E-state index contributed by atoms with van der Waals surface area (Å²) in [5, 5.41) is 4.76. The van der Waals surface area contributed by atoms with Crippen molar-refractivity contribution in [2.75, 3.05) is 24.7 Å². The number of rotatable bonds is 4. The predicted octanol–water partition coefficient (Wildman–Crippen LogP) is 3.85. The summed E-state index contributed by atoms with van der Waals surface area (Å²) in [6.07, 6.45) is -1.98. The Morgan fingerprint density at radius 3 is 2.32 bits per heavy atom. The molecular weight excluding hydrogens is 359 g/mol. The maximum Gasteiger partial charge on any atom is 0.416 e. The van der Waals surface area contributed by atoms with E-state index in [0.717, 1.165) is 6.07 Å². The number of alkyl halides is 3. The summed E-state index contributed by atoms with van der Waals surface area (Å²) >= 11 is 5.53. The van der Waals surface area contributed by atoms with E-state index in [0.29, 0.717) is 0 Å². The van der Waals surface area contributed by atoms with E-state index in [4.69, 9.17) is 11.6 Å². The maximum absolute atomic E-state index is 13.2. The molecule has 0 radical (unpaired) electrons. The van der Waals surface area contributed by atoms with Gasteiger partial charge in [-0.3, -0.25) is 0 Å². The Kier molecular flexibility index (Phi) is 5.81. The zero-order valence-electron chi connectivity index (χ0n) is 13.4. The number of benzene rings is 1. The van der Waals surface area contributed by atoms with Gasteiger partial charge in [0, 0.05) is 12.2 Å². The number of urea groups is 1. The summed E-state index contributed by atoms with van der Waals surface area (Å²) in [6, 6.07) is 2.92. The Labute approximate surface area is 147 Å². The quantitative estimate of drug-likeness (QED) is 0.798. The zero-order valence-corrected chi connectivity index (χ0v) is 14.1.